The lowest BCUT2D eigenvalue weighted by molar-refractivity contribution is 0.239. The average molecular weight is 354 g/mol. The lowest BCUT2D eigenvalue weighted by Gasteiger charge is -2.32. The van der Waals surface area contributed by atoms with Crippen LogP contribution in [-0.2, 0) is 13.1 Å². The van der Waals surface area contributed by atoms with E-state index in [2.05, 4.69) is 47.0 Å². The molecule has 0 aliphatic carbocycles. The number of imidazole rings is 1. The average Bonchev–Trinajstić information content (AvgIpc) is 2.89. The van der Waals surface area contributed by atoms with E-state index in [4.69, 9.17) is 0 Å². The highest BCUT2D eigenvalue weighted by molar-refractivity contribution is 9.10. The van der Waals surface area contributed by atoms with Gasteiger partial charge in [0.05, 0.1) is 6.33 Å². The van der Waals surface area contributed by atoms with Crippen LogP contribution in [-0.4, -0.2) is 15.6 Å². The molecule has 1 heterocycles. The third kappa shape index (κ3) is 4.64. The van der Waals surface area contributed by atoms with Crippen LogP contribution >= 0.6 is 15.9 Å². The molecule has 5 heteroatoms. The molecule has 1 atom stereocenters. The van der Waals surface area contributed by atoms with Gasteiger partial charge in [-0.25, -0.2) is 9.37 Å². The van der Waals surface area contributed by atoms with Crippen molar-refractivity contribution in [1.29, 1.82) is 0 Å². The fourth-order valence-electron chi connectivity index (χ4n) is 2.16. The summed E-state index contributed by atoms with van der Waals surface area (Å²) in [6.07, 6.45) is 5.52. The van der Waals surface area contributed by atoms with Gasteiger partial charge in [-0.15, -0.1) is 0 Å². The van der Waals surface area contributed by atoms with Crippen LogP contribution in [0, 0.1) is 11.2 Å². The fraction of sp³-hybridized carbons (Fsp3) is 0.438. The number of aromatic nitrogens is 2. The van der Waals surface area contributed by atoms with Crippen molar-refractivity contribution in [3.63, 3.8) is 0 Å². The van der Waals surface area contributed by atoms with Crippen LogP contribution in [0.3, 0.4) is 0 Å². The van der Waals surface area contributed by atoms with Gasteiger partial charge in [0.25, 0.3) is 0 Å². The molecule has 1 N–H and O–H groups in total. The smallest absolute Gasteiger partial charge is 0.127 e. The molecule has 0 saturated heterocycles. The Morgan fingerprint density at radius 1 is 1.38 bits per heavy atom. The molecule has 2 aromatic rings. The number of nitrogens with zero attached hydrogens (tertiary/aromatic N) is 2. The van der Waals surface area contributed by atoms with Crippen LogP contribution in [0.15, 0.2) is 41.4 Å². The second-order valence-corrected chi connectivity index (χ2v) is 7.21. The summed E-state index contributed by atoms with van der Waals surface area (Å²) in [6, 6.07) is 5.23. The normalized spacial score (nSPS) is 13.4. The van der Waals surface area contributed by atoms with E-state index in [-0.39, 0.29) is 17.3 Å². The summed E-state index contributed by atoms with van der Waals surface area (Å²) < 4.78 is 16.8. The Bertz CT molecular complexity index is 576. The van der Waals surface area contributed by atoms with Gasteiger partial charge in [-0.3, -0.25) is 0 Å². The van der Waals surface area contributed by atoms with Crippen molar-refractivity contribution < 1.29 is 4.39 Å². The van der Waals surface area contributed by atoms with Crippen LogP contribution in [0.1, 0.15) is 26.3 Å². The highest BCUT2D eigenvalue weighted by Gasteiger charge is 2.24. The summed E-state index contributed by atoms with van der Waals surface area (Å²) in [5.74, 6) is -0.180. The van der Waals surface area contributed by atoms with Gasteiger partial charge < -0.3 is 9.88 Å². The molecular formula is C16H21BrFN3. The van der Waals surface area contributed by atoms with Crippen molar-refractivity contribution in [3.8, 4) is 0 Å². The Morgan fingerprint density at radius 2 is 2.14 bits per heavy atom. The standard InChI is InChI=1S/C16H21BrFN3/c1-16(2,3)15(10-21-7-6-19-11-21)20-9-12-8-13(17)4-5-14(12)18/h4-8,11,15,20H,9-10H2,1-3H3. The van der Waals surface area contributed by atoms with Crippen molar-refractivity contribution in [2.75, 3.05) is 0 Å². The maximum absolute atomic E-state index is 13.8. The van der Waals surface area contributed by atoms with Crippen LogP contribution in [0.5, 0.6) is 0 Å². The first-order chi connectivity index (χ1) is 9.86. The van der Waals surface area contributed by atoms with Crippen LogP contribution in [0.25, 0.3) is 0 Å². The molecule has 1 aromatic carbocycles. The molecule has 0 aliphatic rings. The van der Waals surface area contributed by atoms with Gasteiger partial charge in [-0.1, -0.05) is 36.7 Å². The van der Waals surface area contributed by atoms with E-state index in [9.17, 15) is 4.39 Å². The van der Waals surface area contributed by atoms with Gasteiger partial charge in [0, 0.05) is 41.6 Å². The molecule has 0 radical (unpaired) electrons. The summed E-state index contributed by atoms with van der Waals surface area (Å²) in [5, 5.41) is 3.47. The lowest BCUT2D eigenvalue weighted by Crippen LogP contribution is -2.43. The minimum atomic E-state index is -0.180. The Hall–Kier alpha value is -1.20. The molecule has 0 aliphatic heterocycles. The zero-order valence-electron chi connectivity index (χ0n) is 12.6. The second-order valence-electron chi connectivity index (χ2n) is 6.29. The topological polar surface area (TPSA) is 29.9 Å². The minimum Gasteiger partial charge on any atom is -0.336 e. The number of rotatable bonds is 5. The molecular weight excluding hydrogens is 333 g/mol. The molecule has 1 unspecified atom stereocenters. The number of nitrogens with one attached hydrogen (secondary N) is 1. The molecule has 0 spiro atoms. The molecule has 0 fully saturated rings. The number of benzene rings is 1. The first-order valence-corrected chi connectivity index (χ1v) is 7.78. The molecule has 21 heavy (non-hydrogen) atoms. The molecule has 0 amide bonds. The maximum atomic E-state index is 13.8. The monoisotopic (exact) mass is 353 g/mol. The van der Waals surface area contributed by atoms with E-state index in [1.165, 1.54) is 6.07 Å². The quantitative estimate of drug-likeness (QED) is 0.880. The second kappa shape index (κ2) is 6.71. The SMILES string of the molecule is CC(C)(C)C(Cn1ccnc1)NCc1cc(Br)ccc1F. The van der Waals surface area contributed by atoms with Crippen molar-refractivity contribution >= 4 is 15.9 Å². The molecule has 114 valence electrons. The van der Waals surface area contributed by atoms with Crippen molar-refractivity contribution in [3.05, 3.63) is 52.8 Å². The van der Waals surface area contributed by atoms with Gasteiger partial charge in [0.2, 0.25) is 0 Å². The number of halogens is 2. The third-order valence-corrected chi connectivity index (χ3v) is 4.04. The lowest BCUT2D eigenvalue weighted by atomic mass is 9.86. The summed E-state index contributed by atoms with van der Waals surface area (Å²) in [4.78, 5) is 4.07. The first-order valence-electron chi connectivity index (χ1n) is 6.99. The Balaban J connectivity index is 2.07. The van der Waals surface area contributed by atoms with Crippen molar-refractivity contribution in [2.24, 2.45) is 5.41 Å². The van der Waals surface area contributed by atoms with Crippen molar-refractivity contribution in [2.45, 2.75) is 39.9 Å². The zero-order chi connectivity index (χ0) is 15.5. The van der Waals surface area contributed by atoms with E-state index in [1.54, 1.807) is 18.6 Å². The Kier molecular flexibility index (Phi) is 5.17. The van der Waals surface area contributed by atoms with E-state index in [0.717, 1.165) is 11.0 Å². The zero-order valence-corrected chi connectivity index (χ0v) is 14.2. The Labute approximate surface area is 133 Å². The van der Waals surface area contributed by atoms with Gasteiger partial charge in [0.15, 0.2) is 0 Å². The number of hydrogen-bond donors (Lipinski definition) is 1. The first kappa shape index (κ1) is 16.2. The summed E-state index contributed by atoms with van der Waals surface area (Å²) in [6.45, 7) is 7.84. The van der Waals surface area contributed by atoms with Gasteiger partial charge in [-0.05, 0) is 23.6 Å². The Morgan fingerprint density at radius 3 is 2.76 bits per heavy atom. The fourth-order valence-corrected chi connectivity index (χ4v) is 2.57. The van der Waals surface area contributed by atoms with Crippen molar-refractivity contribution in [1.82, 2.24) is 14.9 Å². The van der Waals surface area contributed by atoms with E-state index in [1.807, 2.05) is 16.8 Å². The predicted molar refractivity (Wildman–Crippen MR) is 86.4 cm³/mol. The van der Waals surface area contributed by atoms with E-state index >= 15 is 0 Å². The highest BCUT2D eigenvalue weighted by Crippen LogP contribution is 2.22. The van der Waals surface area contributed by atoms with Gasteiger partial charge in [-0.2, -0.15) is 0 Å². The van der Waals surface area contributed by atoms with E-state index in [0.29, 0.717) is 12.1 Å². The summed E-state index contributed by atoms with van der Waals surface area (Å²) in [7, 11) is 0. The van der Waals surface area contributed by atoms with Gasteiger partial charge >= 0.3 is 0 Å². The molecule has 1 aromatic heterocycles. The van der Waals surface area contributed by atoms with Crippen LogP contribution in [0.4, 0.5) is 4.39 Å². The summed E-state index contributed by atoms with van der Waals surface area (Å²) in [5.41, 5.74) is 0.733. The molecule has 2 rings (SSSR count). The summed E-state index contributed by atoms with van der Waals surface area (Å²) >= 11 is 3.38. The maximum Gasteiger partial charge on any atom is 0.127 e. The highest BCUT2D eigenvalue weighted by atomic mass is 79.9. The molecule has 0 saturated carbocycles. The largest absolute Gasteiger partial charge is 0.336 e. The molecule has 0 bridgehead atoms. The van der Waals surface area contributed by atoms with Crippen LogP contribution in [0.2, 0.25) is 0 Å². The van der Waals surface area contributed by atoms with Crippen LogP contribution < -0.4 is 5.32 Å². The van der Waals surface area contributed by atoms with E-state index < -0.39 is 0 Å². The minimum absolute atomic E-state index is 0.0623. The number of hydrogen-bond acceptors (Lipinski definition) is 2. The molecule has 3 nitrogen and oxygen atoms in total. The van der Waals surface area contributed by atoms with Gasteiger partial charge in [0.1, 0.15) is 5.82 Å². The predicted octanol–water partition coefficient (Wildman–Crippen LogP) is 3.99. The third-order valence-electron chi connectivity index (χ3n) is 3.54.